The molecule has 0 saturated carbocycles. The summed E-state index contributed by atoms with van der Waals surface area (Å²) in [6, 6.07) is 4.76. The van der Waals surface area contributed by atoms with Gasteiger partial charge in [0.2, 0.25) is 5.91 Å². The number of carbonyl (C=O) groups is 1. The van der Waals surface area contributed by atoms with Crippen molar-refractivity contribution >= 4 is 5.91 Å². The first-order valence-electron chi connectivity index (χ1n) is 6.11. The molecule has 0 aromatic heterocycles. The van der Waals surface area contributed by atoms with Crippen molar-refractivity contribution in [3.05, 3.63) is 29.3 Å². The van der Waals surface area contributed by atoms with E-state index in [0.717, 1.165) is 17.5 Å². The predicted molar refractivity (Wildman–Crippen MR) is 66.3 cm³/mol. The molecule has 0 bridgehead atoms. The third-order valence-electron chi connectivity index (χ3n) is 3.14. The average molecular weight is 250 g/mol. The zero-order valence-electron chi connectivity index (χ0n) is 10.4. The second-order valence-electron chi connectivity index (χ2n) is 4.51. The van der Waals surface area contributed by atoms with Crippen LogP contribution in [0.15, 0.2) is 18.2 Å². The first-order valence-corrected chi connectivity index (χ1v) is 6.11. The number of aromatic hydroxyl groups is 1. The maximum Gasteiger partial charge on any atom is 0.237 e. The van der Waals surface area contributed by atoms with Gasteiger partial charge in [-0.1, -0.05) is 19.4 Å². The number of primary amides is 1. The Morgan fingerprint density at radius 2 is 2.33 bits per heavy atom. The molecule has 1 aliphatic rings. The summed E-state index contributed by atoms with van der Waals surface area (Å²) < 4.78 is 0. The van der Waals surface area contributed by atoms with Crippen molar-refractivity contribution < 1.29 is 14.7 Å². The van der Waals surface area contributed by atoms with Crippen molar-refractivity contribution in [2.75, 3.05) is 0 Å². The highest BCUT2D eigenvalue weighted by molar-refractivity contribution is 5.79. The van der Waals surface area contributed by atoms with Gasteiger partial charge in [-0.25, -0.2) is 0 Å². The standard InChI is InChI=1S/C13H18N2O3/c1-2-3-12(13(14)17)15-7-10-6-11(16)5-4-9(10)8-18-15/h4-6,12,16H,2-3,7-8H2,1H3,(H2,14,17). The Hall–Kier alpha value is -1.59. The molecule has 2 rings (SSSR count). The third-order valence-corrected chi connectivity index (χ3v) is 3.14. The highest BCUT2D eigenvalue weighted by atomic mass is 16.7. The Morgan fingerprint density at radius 1 is 1.56 bits per heavy atom. The molecule has 1 unspecified atom stereocenters. The molecule has 1 heterocycles. The summed E-state index contributed by atoms with van der Waals surface area (Å²) in [5.74, 6) is -0.151. The lowest BCUT2D eigenvalue weighted by molar-refractivity contribution is -0.213. The third kappa shape index (κ3) is 2.63. The van der Waals surface area contributed by atoms with Crippen LogP contribution in [0.3, 0.4) is 0 Å². The van der Waals surface area contributed by atoms with E-state index in [0.29, 0.717) is 19.6 Å². The lowest BCUT2D eigenvalue weighted by Crippen LogP contribution is -2.45. The van der Waals surface area contributed by atoms with Gasteiger partial charge in [-0.2, -0.15) is 5.06 Å². The van der Waals surface area contributed by atoms with Gasteiger partial charge < -0.3 is 10.8 Å². The molecule has 0 spiro atoms. The molecule has 1 aromatic rings. The number of amides is 1. The minimum atomic E-state index is -0.412. The summed E-state index contributed by atoms with van der Waals surface area (Å²) in [7, 11) is 0. The number of phenolic OH excluding ortho intramolecular Hbond substituents is 1. The minimum Gasteiger partial charge on any atom is -0.508 e. The van der Waals surface area contributed by atoms with Crippen LogP contribution in [0.2, 0.25) is 0 Å². The molecule has 1 aromatic carbocycles. The molecule has 0 saturated heterocycles. The Morgan fingerprint density at radius 3 is 3.00 bits per heavy atom. The Labute approximate surface area is 106 Å². The van der Waals surface area contributed by atoms with Crippen LogP contribution in [-0.4, -0.2) is 22.1 Å². The summed E-state index contributed by atoms with van der Waals surface area (Å²) in [4.78, 5) is 17.0. The second kappa shape index (κ2) is 5.37. The van der Waals surface area contributed by atoms with Gasteiger partial charge >= 0.3 is 0 Å². The fourth-order valence-electron chi connectivity index (χ4n) is 2.17. The van der Waals surface area contributed by atoms with E-state index < -0.39 is 6.04 Å². The maximum absolute atomic E-state index is 11.4. The number of hydrogen-bond acceptors (Lipinski definition) is 4. The van der Waals surface area contributed by atoms with Crippen LogP contribution >= 0.6 is 0 Å². The summed E-state index contributed by atoms with van der Waals surface area (Å²) in [6.45, 7) is 2.88. The van der Waals surface area contributed by atoms with Crippen LogP contribution in [-0.2, 0) is 22.8 Å². The van der Waals surface area contributed by atoms with Gasteiger partial charge in [0.25, 0.3) is 0 Å². The lowest BCUT2D eigenvalue weighted by atomic mass is 10.0. The van der Waals surface area contributed by atoms with Crippen molar-refractivity contribution in [3.8, 4) is 5.75 Å². The van der Waals surface area contributed by atoms with E-state index in [2.05, 4.69) is 0 Å². The van der Waals surface area contributed by atoms with Gasteiger partial charge in [0.05, 0.1) is 13.2 Å². The molecule has 0 aliphatic carbocycles. The first-order chi connectivity index (χ1) is 8.61. The van der Waals surface area contributed by atoms with E-state index in [-0.39, 0.29) is 11.7 Å². The van der Waals surface area contributed by atoms with Gasteiger partial charge in [-0.05, 0) is 29.7 Å². The zero-order chi connectivity index (χ0) is 13.1. The fourth-order valence-corrected chi connectivity index (χ4v) is 2.17. The van der Waals surface area contributed by atoms with Gasteiger partial charge in [0, 0.05) is 0 Å². The summed E-state index contributed by atoms with van der Waals surface area (Å²) in [5.41, 5.74) is 7.40. The van der Waals surface area contributed by atoms with Crippen molar-refractivity contribution in [1.29, 1.82) is 0 Å². The van der Waals surface area contributed by atoms with Crippen LogP contribution in [0.1, 0.15) is 30.9 Å². The number of hydrogen-bond donors (Lipinski definition) is 2. The zero-order valence-corrected chi connectivity index (χ0v) is 10.4. The molecule has 0 fully saturated rings. The molecule has 98 valence electrons. The number of hydroxylamine groups is 2. The smallest absolute Gasteiger partial charge is 0.237 e. The summed E-state index contributed by atoms with van der Waals surface area (Å²) >= 11 is 0. The number of benzene rings is 1. The van der Waals surface area contributed by atoms with Gasteiger partial charge in [0.1, 0.15) is 11.8 Å². The molecule has 3 N–H and O–H groups in total. The van der Waals surface area contributed by atoms with Crippen molar-refractivity contribution in [3.63, 3.8) is 0 Å². The molecule has 5 nitrogen and oxygen atoms in total. The molecule has 1 atom stereocenters. The quantitative estimate of drug-likeness (QED) is 0.844. The SMILES string of the molecule is CCCC(C(N)=O)N1Cc2cc(O)ccc2CO1. The second-order valence-corrected chi connectivity index (χ2v) is 4.51. The molecule has 18 heavy (non-hydrogen) atoms. The first kappa shape index (κ1) is 12.9. The molecule has 1 amide bonds. The van der Waals surface area contributed by atoms with Crippen LogP contribution in [0.4, 0.5) is 0 Å². The summed E-state index contributed by atoms with van der Waals surface area (Å²) in [5, 5.41) is 11.1. The number of phenols is 1. The van der Waals surface area contributed by atoms with Crippen LogP contribution in [0.25, 0.3) is 0 Å². The van der Waals surface area contributed by atoms with Crippen LogP contribution < -0.4 is 5.73 Å². The largest absolute Gasteiger partial charge is 0.508 e. The highest BCUT2D eigenvalue weighted by Crippen LogP contribution is 2.25. The van der Waals surface area contributed by atoms with Crippen LogP contribution in [0, 0.1) is 0 Å². The predicted octanol–water partition coefficient (Wildman–Crippen LogP) is 1.29. The summed E-state index contributed by atoms with van der Waals surface area (Å²) in [6.07, 6.45) is 1.53. The minimum absolute atomic E-state index is 0.224. The Kier molecular flexibility index (Phi) is 3.84. The average Bonchev–Trinajstić information content (AvgIpc) is 2.34. The Bertz CT molecular complexity index is 448. The van der Waals surface area contributed by atoms with E-state index >= 15 is 0 Å². The van der Waals surface area contributed by atoms with Crippen molar-refractivity contribution in [2.24, 2.45) is 5.73 Å². The van der Waals surface area contributed by atoms with Crippen molar-refractivity contribution in [2.45, 2.75) is 39.0 Å². The van der Waals surface area contributed by atoms with E-state index in [9.17, 15) is 9.90 Å². The number of rotatable bonds is 4. The van der Waals surface area contributed by atoms with E-state index in [1.54, 1.807) is 17.2 Å². The molecule has 0 radical (unpaired) electrons. The molecular formula is C13H18N2O3. The highest BCUT2D eigenvalue weighted by Gasteiger charge is 2.28. The van der Waals surface area contributed by atoms with E-state index in [4.69, 9.17) is 10.6 Å². The molecular weight excluding hydrogens is 232 g/mol. The fraction of sp³-hybridized carbons (Fsp3) is 0.462. The van der Waals surface area contributed by atoms with Gasteiger partial charge in [-0.3, -0.25) is 9.63 Å². The molecule has 1 aliphatic heterocycles. The van der Waals surface area contributed by atoms with E-state index in [1.165, 1.54) is 0 Å². The van der Waals surface area contributed by atoms with E-state index in [1.807, 2.05) is 13.0 Å². The van der Waals surface area contributed by atoms with Gasteiger partial charge in [-0.15, -0.1) is 0 Å². The van der Waals surface area contributed by atoms with Crippen LogP contribution in [0.5, 0.6) is 5.75 Å². The number of nitrogens with two attached hydrogens (primary N) is 1. The van der Waals surface area contributed by atoms with Crippen molar-refractivity contribution in [1.82, 2.24) is 5.06 Å². The number of carbonyl (C=O) groups excluding carboxylic acids is 1. The lowest BCUT2D eigenvalue weighted by Gasteiger charge is -2.33. The number of nitrogens with zero attached hydrogens (tertiary/aromatic N) is 1. The van der Waals surface area contributed by atoms with Gasteiger partial charge in [0.15, 0.2) is 0 Å². The normalized spacial score (nSPS) is 17.2. The molecule has 5 heteroatoms. The monoisotopic (exact) mass is 250 g/mol. The Balaban J connectivity index is 2.17. The topological polar surface area (TPSA) is 75.8 Å². The number of fused-ring (bicyclic) bond motifs is 1. The maximum atomic E-state index is 11.4.